The van der Waals surface area contributed by atoms with Crippen LogP contribution in [0.15, 0.2) is 18.2 Å². The van der Waals surface area contributed by atoms with Crippen LogP contribution in [-0.2, 0) is 0 Å². The third kappa shape index (κ3) is 1.58. The Hall–Kier alpha value is -0.820. The normalized spacial score (nSPS) is 9.40. The van der Waals surface area contributed by atoms with Crippen molar-refractivity contribution in [1.29, 1.82) is 0 Å². The summed E-state index contributed by atoms with van der Waals surface area (Å²) in [6.07, 6.45) is 0. The first-order valence-electron chi connectivity index (χ1n) is 2.88. The molecule has 0 saturated heterocycles. The third-order valence-corrected chi connectivity index (χ3v) is 1.39. The van der Waals surface area contributed by atoms with E-state index in [0.29, 0.717) is 10.6 Å². The van der Waals surface area contributed by atoms with E-state index in [1.807, 2.05) is 0 Å². The van der Waals surface area contributed by atoms with Gasteiger partial charge in [0.05, 0.1) is 0 Å². The Morgan fingerprint density at radius 3 is 2.80 bits per heavy atom. The Kier molecular flexibility index (Phi) is 2.07. The van der Waals surface area contributed by atoms with Crippen molar-refractivity contribution < 1.29 is 4.79 Å². The minimum Gasteiger partial charge on any atom is -0.295 e. The van der Waals surface area contributed by atoms with Crippen molar-refractivity contribution in [3.05, 3.63) is 34.9 Å². The fourth-order valence-corrected chi connectivity index (χ4v) is 0.837. The second kappa shape index (κ2) is 2.84. The fourth-order valence-electron chi connectivity index (χ4n) is 0.656. The molecular weight excluding hydrogens is 148 g/mol. The average Bonchev–Trinajstić information content (AvgIpc) is 1.88. The molecule has 0 bridgehead atoms. The lowest BCUT2D eigenvalue weighted by Crippen LogP contribution is -1.89. The van der Waals surface area contributed by atoms with E-state index >= 15 is 0 Å². The molecule has 1 nitrogen and oxygen atoms in total. The molecule has 1 aromatic rings. The van der Waals surface area contributed by atoms with Crippen LogP contribution in [0, 0.1) is 6.07 Å². The van der Waals surface area contributed by atoms with E-state index in [4.69, 9.17) is 11.6 Å². The number of carbonyl (C=O) groups is 1. The minimum atomic E-state index is 0.0240. The molecule has 1 aromatic carbocycles. The molecule has 0 saturated carbocycles. The van der Waals surface area contributed by atoms with Gasteiger partial charge in [0.25, 0.3) is 0 Å². The number of hydrogen-bond donors (Lipinski definition) is 0. The SMILES string of the molecule is CC(=O)c1cc[c]c(Cl)c1. The molecule has 10 heavy (non-hydrogen) atoms. The van der Waals surface area contributed by atoms with Crippen molar-refractivity contribution in [2.75, 3.05) is 0 Å². The van der Waals surface area contributed by atoms with Crippen LogP contribution < -0.4 is 0 Å². The van der Waals surface area contributed by atoms with Gasteiger partial charge < -0.3 is 0 Å². The molecule has 0 N–H and O–H groups in total. The zero-order valence-electron chi connectivity index (χ0n) is 5.52. The van der Waals surface area contributed by atoms with Crippen LogP contribution in [0.3, 0.4) is 0 Å². The Bertz CT molecular complexity index is 255. The molecule has 0 atom stereocenters. The lowest BCUT2D eigenvalue weighted by molar-refractivity contribution is 0.101. The zero-order valence-corrected chi connectivity index (χ0v) is 6.27. The van der Waals surface area contributed by atoms with Gasteiger partial charge in [-0.3, -0.25) is 4.79 Å². The van der Waals surface area contributed by atoms with Crippen molar-refractivity contribution in [3.8, 4) is 0 Å². The van der Waals surface area contributed by atoms with Crippen molar-refractivity contribution in [1.82, 2.24) is 0 Å². The molecule has 0 aliphatic carbocycles. The van der Waals surface area contributed by atoms with Crippen LogP contribution in [0.25, 0.3) is 0 Å². The van der Waals surface area contributed by atoms with Crippen molar-refractivity contribution in [2.45, 2.75) is 6.92 Å². The Morgan fingerprint density at radius 1 is 1.70 bits per heavy atom. The van der Waals surface area contributed by atoms with E-state index in [-0.39, 0.29) is 5.78 Å². The number of carbonyl (C=O) groups excluding carboxylic acids is 1. The quantitative estimate of drug-likeness (QED) is 0.566. The molecule has 2 heteroatoms. The van der Waals surface area contributed by atoms with E-state index in [0.717, 1.165) is 0 Å². The molecule has 0 spiro atoms. The van der Waals surface area contributed by atoms with Crippen molar-refractivity contribution in [2.24, 2.45) is 0 Å². The Balaban J connectivity index is 3.07. The highest BCUT2D eigenvalue weighted by molar-refractivity contribution is 6.30. The molecule has 0 amide bonds. The summed E-state index contributed by atoms with van der Waals surface area (Å²) in [5.41, 5.74) is 0.628. The van der Waals surface area contributed by atoms with Crippen molar-refractivity contribution in [3.63, 3.8) is 0 Å². The van der Waals surface area contributed by atoms with Gasteiger partial charge in [0.15, 0.2) is 5.78 Å². The van der Waals surface area contributed by atoms with Crippen molar-refractivity contribution >= 4 is 17.4 Å². The maximum Gasteiger partial charge on any atom is 0.159 e. The highest BCUT2D eigenvalue weighted by Gasteiger charge is 1.97. The molecular formula is C8H6ClO. The first kappa shape index (κ1) is 7.29. The summed E-state index contributed by atoms with van der Waals surface area (Å²) in [5, 5.41) is 0.479. The standard InChI is InChI=1S/C8H6ClO/c1-6(10)7-3-2-4-8(9)5-7/h2-3,5H,1H3. The van der Waals surface area contributed by atoms with Gasteiger partial charge in [-0.25, -0.2) is 0 Å². The van der Waals surface area contributed by atoms with Crippen LogP contribution in [0.4, 0.5) is 0 Å². The number of ketones is 1. The monoisotopic (exact) mass is 153 g/mol. The van der Waals surface area contributed by atoms with E-state index in [2.05, 4.69) is 6.07 Å². The molecule has 0 aliphatic rings. The van der Waals surface area contributed by atoms with Gasteiger partial charge in [-0.2, -0.15) is 0 Å². The molecule has 0 aliphatic heterocycles. The van der Waals surface area contributed by atoms with Crippen LogP contribution >= 0.6 is 11.6 Å². The van der Waals surface area contributed by atoms with E-state index in [9.17, 15) is 4.79 Å². The number of rotatable bonds is 1. The summed E-state index contributed by atoms with van der Waals surface area (Å²) in [6, 6.07) is 7.67. The molecule has 0 heterocycles. The highest BCUT2D eigenvalue weighted by Crippen LogP contribution is 2.09. The molecule has 0 unspecified atom stereocenters. The second-order valence-electron chi connectivity index (χ2n) is 1.98. The Labute approximate surface area is 64.6 Å². The maximum atomic E-state index is 10.7. The summed E-state index contributed by atoms with van der Waals surface area (Å²) in [5.74, 6) is 0.0240. The van der Waals surface area contributed by atoms with E-state index in [1.54, 1.807) is 18.2 Å². The molecule has 51 valence electrons. The first-order chi connectivity index (χ1) is 4.70. The number of halogens is 1. The first-order valence-corrected chi connectivity index (χ1v) is 3.26. The maximum absolute atomic E-state index is 10.7. The average molecular weight is 154 g/mol. The van der Waals surface area contributed by atoms with Crippen LogP contribution in [0.1, 0.15) is 17.3 Å². The summed E-state index contributed by atoms with van der Waals surface area (Å²) >= 11 is 5.58. The van der Waals surface area contributed by atoms with Gasteiger partial charge >= 0.3 is 0 Å². The van der Waals surface area contributed by atoms with Crippen LogP contribution in [0.2, 0.25) is 5.02 Å². The van der Waals surface area contributed by atoms with E-state index < -0.39 is 0 Å². The van der Waals surface area contributed by atoms with Gasteiger partial charge in [-0.1, -0.05) is 23.7 Å². The molecule has 1 radical (unpaired) electrons. The van der Waals surface area contributed by atoms with Gasteiger partial charge in [0, 0.05) is 16.7 Å². The number of Topliss-reactive ketones (excluding diaryl/α,β-unsaturated/α-hetero) is 1. The predicted octanol–water partition coefficient (Wildman–Crippen LogP) is 2.34. The Morgan fingerprint density at radius 2 is 2.40 bits per heavy atom. The highest BCUT2D eigenvalue weighted by atomic mass is 35.5. The fraction of sp³-hybridized carbons (Fsp3) is 0.125. The summed E-state index contributed by atoms with van der Waals surface area (Å²) < 4.78 is 0. The lowest BCUT2D eigenvalue weighted by atomic mass is 10.2. The number of hydrogen-bond acceptors (Lipinski definition) is 1. The molecule has 1 rings (SSSR count). The topological polar surface area (TPSA) is 17.1 Å². The molecule has 0 fully saturated rings. The summed E-state index contributed by atoms with van der Waals surface area (Å²) in [7, 11) is 0. The second-order valence-corrected chi connectivity index (χ2v) is 2.39. The van der Waals surface area contributed by atoms with Gasteiger partial charge in [-0.05, 0) is 13.0 Å². The largest absolute Gasteiger partial charge is 0.295 e. The third-order valence-electron chi connectivity index (χ3n) is 1.17. The summed E-state index contributed by atoms with van der Waals surface area (Å²) in [6.45, 7) is 1.51. The van der Waals surface area contributed by atoms with Gasteiger partial charge in [-0.15, -0.1) is 0 Å². The lowest BCUT2D eigenvalue weighted by Gasteiger charge is -1.92. The molecule has 0 aromatic heterocycles. The van der Waals surface area contributed by atoms with Crippen LogP contribution in [0.5, 0.6) is 0 Å². The minimum absolute atomic E-state index is 0.0240. The zero-order chi connectivity index (χ0) is 7.56. The summed E-state index contributed by atoms with van der Waals surface area (Å²) in [4.78, 5) is 10.7. The van der Waals surface area contributed by atoms with Gasteiger partial charge in [0.1, 0.15) is 0 Å². The smallest absolute Gasteiger partial charge is 0.159 e. The van der Waals surface area contributed by atoms with Gasteiger partial charge in [0.2, 0.25) is 0 Å². The van der Waals surface area contributed by atoms with Crippen LogP contribution in [-0.4, -0.2) is 5.78 Å². The predicted molar refractivity (Wildman–Crippen MR) is 40.3 cm³/mol. The number of benzene rings is 1. The van der Waals surface area contributed by atoms with E-state index in [1.165, 1.54) is 6.92 Å².